The summed E-state index contributed by atoms with van der Waals surface area (Å²) in [4.78, 5) is 19.1. The number of benzene rings is 1. The summed E-state index contributed by atoms with van der Waals surface area (Å²) in [7, 11) is 0. The quantitative estimate of drug-likeness (QED) is 0.800. The van der Waals surface area contributed by atoms with Crippen LogP contribution in [-0.2, 0) is 4.79 Å². The van der Waals surface area contributed by atoms with Crippen molar-refractivity contribution in [3.8, 4) is 5.75 Å². The Morgan fingerprint density at radius 2 is 1.88 bits per heavy atom. The van der Waals surface area contributed by atoms with Crippen molar-refractivity contribution >= 4 is 23.9 Å². The molecule has 25 heavy (non-hydrogen) atoms. The largest absolute Gasteiger partial charge is 0.491 e. The fraction of sp³-hybridized carbons (Fsp3) is 0.412. The maximum absolute atomic E-state index is 10.8. The Kier molecular flexibility index (Phi) is 5.27. The number of carbonyl (C=O) groups is 1. The molecule has 3 rings (SSSR count). The van der Waals surface area contributed by atoms with Crippen LogP contribution in [0, 0.1) is 0 Å². The van der Waals surface area contributed by atoms with Gasteiger partial charge in [0.1, 0.15) is 5.75 Å². The van der Waals surface area contributed by atoms with Crippen molar-refractivity contribution in [3.63, 3.8) is 0 Å². The first-order valence-electron chi connectivity index (χ1n) is 8.32. The molecule has 1 N–H and O–H groups in total. The number of hydrogen-bond donors (Lipinski definition) is 1. The maximum atomic E-state index is 10.8. The van der Waals surface area contributed by atoms with E-state index < -0.39 is 0 Å². The van der Waals surface area contributed by atoms with Gasteiger partial charge in [-0.25, -0.2) is 0 Å². The second kappa shape index (κ2) is 7.78. The van der Waals surface area contributed by atoms with Crippen LogP contribution in [-0.4, -0.2) is 58.8 Å². The molecule has 1 aliphatic rings. The molecule has 0 saturated carbocycles. The average Bonchev–Trinajstić information content (AvgIpc) is 2.63. The maximum Gasteiger partial charge on any atom is 0.247 e. The summed E-state index contributed by atoms with van der Waals surface area (Å²) in [5.74, 6) is 2.02. The minimum Gasteiger partial charge on any atom is -0.491 e. The summed E-state index contributed by atoms with van der Waals surface area (Å²) in [6, 6.07) is 7.69. The van der Waals surface area contributed by atoms with E-state index in [0.717, 1.165) is 17.8 Å². The van der Waals surface area contributed by atoms with Crippen molar-refractivity contribution in [1.82, 2.24) is 20.1 Å². The highest BCUT2D eigenvalue weighted by atomic mass is 16.5. The lowest BCUT2D eigenvalue weighted by molar-refractivity contribution is -0.118. The normalized spacial score (nSPS) is 14.5. The zero-order valence-electron chi connectivity index (χ0n) is 14.4. The van der Waals surface area contributed by atoms with Gasteiger partial charge in [-0.15, -0.1) is 5.10 Å². The molecule has 0 aliphatic carbocycles. The third kappa shape index (κ3) is 4.56. The van der Waals surface area contributed by atoms with E-state index in [0.29, 0.717) is 37.9 Å². The van der Waals surface area contributed by atoms with Crippen LogP contribution in [0.5, 0.6) is 5.75 Å². The van der Waals surface area contributed by atoms with E-state index in [4.69, 9.17) is 4.74 Å². The van der Waals surface area contributed by atoms with Gasteiger partial charge in [0.05, 0.1) is 12.3 Å². The fourth-order valence-electron chi connectivity index (χ4n) is 2.55. The lowest BCUT2D eigenvalue weighted by Gasteiger charge is -2.32. The van der Waals surface area contributed by atoms with Crippen LogP contribution in [0.2, 0.25) is 0 Å². The van der Waals surface area contributed by atoms with Gasteiger partial charge in [-0.1, -0.05) is 0 Å². The van der Waals surface area contributed by atoms with Crippen LogP contribution in [0.25, 0.3) is 0 Å². The molecule has 2 aromatic rings. The van der Waals surface area contributed by atoms with E-state index in [1.165, 1.54) is 0 Å². The van der Waals surface area contributed by atoms with E-state index in [1.807, 2.05) is 43.0 Å². The van der Waals surface area contributed by atoms with Crippen molar-refractivity contribution in [2.45, 2.75) is 20.0 Å². The monoisotopic (exact) mass is 342 g/mol. The first-order valence-corrected chi connectivity index (χ1v) is 8.32. The molecule has 1 aromatic carbocycles. The Morgan fingerprint density at radius 3 is 2.52 bits per heavy atom. The van der Waals surface area contributed by atoms with Crippen molar-refractivity contribution in [2.24, 2.45) is 0 Å². The first kappa shape index (κ1) is 16.9. The summed E-state index contributed by atoms with van der Waals surface area (Å²) in [6.07, 6.45) is 2.61. The average molecular weight is 342 g/mol. The predicted molar refractivity (Wildman–Crippen MR) is 95.2 cm³/mol. The molecule has 1 aliphatic heterocycles. The standard InChI is InChI=1S/C17H22N6O2/c1-13(2)25-15-5-3-14(4-6-15)19-16-11-18-21-17(20-16)23-9-7-22(12-24)8-10-23/h3-6,11-13H,7-10H2,1-2H3,(H,19,20,21). The molecule has 0 spiro atoms. The lowest BCUT2D eigenvalue weighted by atomic mass is 10.3. The van der Waals surface area contributed by atoms with Gasteiger partial charge in [0.2, 0.25) is 12.4 Å². The van der Waals surface area contributed by atoms with Gasteiger partial charge in [0.15, 0.2) is 5.82 Å². The zero-order valence-corrected chi connectivity index (χ0v) is 14.4. The number of aromatic nitrogens is 3. The van der Waals surface area contributed by atoms with E-state index >= 15 is 0 Å². The van der Waals surface area contributed by atoms with Crippen molar-refractivity contribution < 1.29 is 9.53 Å². The number of rotatable bonds is 6. The molecule has 1 amide bonds. The van der Waals surface area contributed by atoms with Crippen molar-refractivity contribution in [1.29, 1.82) is 0 Å². The van der Waals surface area contributed by atoms with Gasteiger partial charge < -0.3 is 19.9 Å². The Morgan fingerprint density at radius 1 is 1.16 bits per heavy atom. The smallest absolute Gasteiger partial charge is 0.247 e. The topological polar surface area (TPSA) is 83.5 Å². The third-order valence-electron chi connectivity index (χ3n) is 3.79. The Hall–Kier alpha value is -2.90. The highest BCUT2D eigenvalue weighted by Crippen LogP contribution is 2.20. The van der Waals surface area contributed by atoms with E-state index in [9.17, 15) is 4.79 Å². The van der Waals surface area contributed by atoms with Crippen LogP contribution in [0.15, 0.2) is 30.5 Å². The molecule has 0 bridgehead atoms. The predicted octanol–water partition coefficient (Wildman–Crippen LogP) is 1.68. The molecule has 1 fully saturated rings. The molecular weight excluding hydrogens is 320 g/mol. The molecule has 1 aromatic heterocycles. The van der Waals surface area contributed by atoms with E-state index in [1.54, 1.807) is 11.1 Å². The van der Waals surface area contributed by atoms with Crippen LogP contribution < -0.4 is 15.0 Å². The minimum atomic E-state index is 0.145. The van der Waals surface area contributed by atoms with Crippen molar-refractivity contribution in [2.75, 3.05) is 36.4 Å². The van der Waals surface area contributed by atoms with Crippen LogP contribution >= 0.6 is 0 Å². The molecule has 0 radical (unpaired) electrons. The Balaban J connectivity index is 1.64. The Labute approximate surface area is 146 Å². The number of ether oxygens (including phenoxy) is 1. The summed E-state index contributed by atoms with van der Waals surface area (Å²) < 4.78 is 5.63. The molecule has 0 unspecified atom stereocenters. The number of piperazine rings is 1. The third-order valence-corrected chi connectivity index (χ3v) is 3.79. The molecular formula is C17H22N6O2. The summed E-state index contributed by atoms with van der Waals surface area (Å²) in [6.45, 7) is 6.73. The second-order valence-electron chi connectivity index (χ2n) is 6.09. The number of carbonyl (C=O) groups excluding carboxylic acids is 1. The molecule has 2 heterocycles. The van der Waals surface area contributed by atoms with Gasteiger partial charge in [-0.3, -0.25) is 4.79 Å². The first-order chi connectivity index (χ1) is 12.1. The van der Waals surface area contributed by atoms with Gasteiger partial charge in [0, 0.05) is 31.9 Å². The fourth-order valence-corrected chi connectivity index (χ4v) is 2.55. The minimum absolute atomic E-state index is 0.145. The van der Waals surface area contributed by atoms with Crippen molar-refractivity contribution in [3.05, 3.63) is 30.5 Å². The van der Waals surface area contributed by atoms with E-state index in [2.05, 4.69) is 20.5 Å². The summed E-state index contributed by atoms with van der Waals surface area (Å²) in [5.41, 5.74) is 0.897. The van der Waals surface area contributed by atoms with E-state index in [-0.39, 0.29) is 6.10 Å². The number of nitrogens with one attached hydrogen (secondary N) is 1. The molecule has 8 heteroatoms. The number of nitrogens with zero attached hydrogens (tertiary/aromatic N) is 5. The van der Waals surface area contributed by atoms with Crippen LogP contribution in [0.4, 0.5) is 17.5 Å². The number of anilines is 3. The van der Waals surface area contributed by atoms with Gasteiger partial charge in [-0.2, -0.15) is 10.1 Å². The van der Waals surface area contributed by atoms with Crippen LogP contribution in [0.1, 0.15) is 13.8 Å². The molecule has 8 nitrogen and oxygen atoms in total. The summed E-state index contributed by atoms with van der Waals surface area (Å²) >= 11 is 0. The van der Waals surface area contributed by atoms with Crippen LogP contribution in [0.3, 0.4) is 0 Å². The Bertz CT molecular complexity index is 699. The zero-order chi connectivity index (χ0) is 17.6. The summed E-state index contributed by atoms with van der Waals surface area (Å²) in [5, 5.41) is 11.3. The second-order valence-corrected chi connectivity index (χ2v) is 6.09. The molecule has 1 saturated heterocycles. The highest BCUT2D eigenvalue weighted by molar-refractivity contribution is 5.57. The van der Waals surface area contributed by atoms with Gasteiger partial charge >= 0.3 is 0 Å². The SMILES string of the molecule is CC(C)Oc1ccc(Nc2cnnc(N3CCN(C=O)CC3)n2)cc1. The van der Waals surface area contributed by atoms with Gasteiger partial charge in [0.25, 0.3) is 0 Å². The lowest BCUT2D eigenvalue weighted by Crippen LogP contribution is -2.46. The van der Waals surface area contributed by atoms with Gasteiger partial charge in [-0.05, 0) is 38.1 Å². The highest BCUT2D eigenvalue weighted by Gasteiger charge is 2.18. The molecule has 0 atom stereocenters. The number of hydrogen-bond acceptors (Lipinski definition) is 7. The molecule has 132 valence electrons. The number of amides is 1.